The Bertz CT molecular complexity index is 482. The Morgan fingerprint density at radius 1 is 1.20 bits per heavy atom. The lowest BCUT2D eigenvalue weighted by molar-refractivity contribution is 0.414. The molecule has 0 heterocycles. The van der Waals surface area contributed by atoms with Crippen LogP contribution in [-0.2, 0) is 9.84 Å². The highest BCUT2D eigenvalue weighted by molar-refractivity contribution is 7.91. The second-order valence-electron chi connectivity index (χ2n) is 4.85. The van der Waals surface area contributed by atoms with Crippen molar-refractivity contribution in [3.63, 3.8) is 0 Å². The zero-order chi connectivity index (χ0) is 15.0. The van der Waals surface area contributed by atoms with Gasteiger partial charge in [0.2, 0.25) is 0 Å². The van der Waals surface area contributed by atoms with Crippen LogP contribution in [0.15, 0.2) is 24.3 Å². The predicted octanol–water partition coefficient (Wildman–Crippen LogP) is 2.56. The number of ether oxygens (including phenoxy) is 1. The van der Waals surface area contributed by atoms with Gasteiger partial charge in [-0.2, -0.15) is 0 Å². The Labute approximate surface area is 122 Å². The van der Waals surface area contributed by atoms with Gasteiger partial charge < -0.3 is 10.1 Å². The highest BCUT2D eigenvalue weighted by atomic mass is 32.2. The van der Waals surface area contributed by atoms with Gasteiger partial charge in [0.1, 0.15) is 5.75 Å². The Kier molecular flexibility index (Phi) is 7.02. The molecule has 0 aliphatic carbocycles. The van der Waals surface area contributed by atoms with Crippen molar-refractivity contribution >= 4 is 9.84 Å². The van der Waals surface area contributed by atoms with Crippen molar-refractivity contribution in [3.05, 3.63) is 29.8 Å². The molecule has 1 aromatic rings. The summed E-state index contributed by atoms with van der Waals surface area (Å²) < 4.78 is 29.3. The fraction of sp³-hybridized carbons (Fsp3) is 0.600. The van der Waals surface area contributed by atoms with Crippen molar-refractivity contribution in [3.8, 4) is 5.75 Å². The monoisotopic (exact) mass is 299 g/mol. The van der Waals surface area contributed by atoms with E-state index >= 15 is 0 Å². The molecular weight excluding hydrogens is 274 g/mol. The maximum atomic E-state index is 12.1. The first-order valence-corrected chi connectivity index (χ1v) is 8.92. The smallest absolute Gasteiger partial charge is 0.152 e. The van der Waals surface area contributed by atoms with Gasteiger partial charge in [0.05, 0.1) is 18.6 Å². The molecule has 0 bridgehead atoms. The summed E-state index contributed by atoms with van der Waals surface area (Å²) in [6.07, 6.45) is 1.62. The number of hydrogen-bond acceptors (Lipinski definition) is 4. The van der Waals surface area contributed by atoms with E-state index in [1.165, 1.54) is 0 Å². The Hall–Kier alpha value is -1.07. The van der Waals surface area contributed by atoms with E-state index in [9.17, 15) is 8.42 Å². The number of unbranched alkanes of at least 4 members (excludes halogenated alkanes) is 1. The van der Waals surface area contributed by atoms with Crippen molar-refractivity contribution in [2.45, 2.75) is 32.7 Å². The van der Waals surface area contributed by atoms with Crippen LogP contribution in [0.2, 0.25) is 0 Å². The number of sulfone groups is 1. The summed E-state index contributed by atoms with van der Waals surface area (Å²) in [6.45, 7) is 4.72. The summed E-state index contributed by atoms with van der Waals surface area (Å²) in [7, 11) is -1.41. The number of rotatable bonds is 9. The van der Waals surface area contributed by atoms with Crippen LogP contribution in [0, 0.1) is 0 Å². The third-order valence-electron chi connectivity index (χ3n) is 3.20. The van der Waals surface area contributed by atoms with Crippen LogP contribution in [0.5, 0.6) is 5.75 Å². The summed E-state index contributed by atoms with van der Waals surface area (Å²) in [5.41, 5.74) is 0.979. The molecule has 20 heavy (non-hydrogen) atoms. The van der Waals surface area contributed by atoms with Crippen LogP contribution < -0.4 is 10.1 Å². The third kappa shape index (κ3) is 5.51. The van der Waals surface area contributed by atoms with Crippen molar-refractivity contribution in [1.29, 1.82) is 0 Å². The molecule has 0 spiro atoms. The van der Waals surface area contributed by atoms with Crippen molar-refractivity contribution in [2.24, 2.45) is 0 Å². The van der Waals surface area contributed by atoms with Gasteiger partial charge >= 0.3 is 0 Å². The van der Waals surface area contributed by atoms with E-state index in [0.717, 1.165) is 30.7 Å². The molecule has 0 aliphatic rings. The Balaban J connectivity index is 2.82. The molecule has 1 unspecified atom stereocenters. The highest BCUT2D eigenvalue weighted by Crippen LogP contribution is 2.19. The summed E-state index contributed by atoms with van der Waals surface area (Å²) >= 11 is 0. The van der Waals surface area contributed by atoms with E-state index in [1.807, 2.05) is 38.1 Å². The van der Waals surface area contributed by atoms with Crippen LogP contribution in [-0.4, -0.2) is 33.6 Å². The lowest BCUT2D eigenvalue weighted by Gasteiger charge is -2.18. The first kappa shape index (κ1) is 17.0. The van der Waals surface area contributed by atoms with Gasteiger partial charge in [-0.25, -0.2) is 8.42 Å². The zero-order valence-electron chi connectivity index (χ0n) is 12.6. The lowest BCUT2D eigenvalue weighted by atomic mass is 10.1. The largest absolute Gasteiger partial charge is 0.497 e. The minimum Gasteiger partial charge on any atom is -0.497 e. The van der Waals surface area contributed by atoms with Crippen LogP contribution in [0.3, 0.4) is 0 Å². The first-order valence-electron chi connectivity index (χ1n) is 7.10. The van der Waals surface area contributed by atoms with Gasteiger partial charge in [0.25, 0.3) is 0 Å². The minimum absolute atomic E-state index is 0.146. The number of methoxy groups -OCH3 is 1. The van der Waals surface area contributed by atoms with E-state index < -0.39 is 9.84 Å². The van der Waals surface area contributed by atoms with Crippen molar-refractivity contribution in [2.75, 3.05) is 25.2 Å². The summed E-state index contributed by atoms with van der Waals surface area (Å²) in [5.74, 6) is 1.19. The Morgan fingerprint density at radius 2 is 1.85 bits per heavy atom. The van der Waals surface area contributed by atoms with Crippen LogP contribution >= 0.6 is 0 Å². The van der Waals surface area contributed by atoms with E-state index in [4.69, 9.17) is 4.74 Å². The van der Waals surface area contributed by atoms with Gasteiger partial charge in [-0.3, -0.25) is 0 Å². The topological polar surface area (TPSA) is 55.4 Å². The van der Waals surface area contributed by atoms with E-state index in [1.54, 1.807) is 7.11 Å². The van der Waals surface area contributed by atoms with Gasteiger partial charge in [-0.15, -0.1) is 0 Å². The average Bonchev–Trinajstić information content (AvgIpc) is 2.45. The van der Waals surface area contributed by atoms with Gasteiger partial charge in [-0.05, 0) is 30.7 Å². The lowest BCUT2D eigenvalue weighted by Crippen LogP contribution is -2.29. The molecule has 1 aromatic carbocycles. The molecule has 1 rings (SSSR count). The van der Waals surface area contributed by atoms with Gasteiger partial charge in [-0.1, -0.05) is 32.4 Å². The molecule has 0 saturated carbocycles. The number of hydrogen-bond donors (Lipinski definition) is 1. The molecule has 1 N–H and O–H groups in total. The molecule has 4 nitrogen and oxygen atoms in total. The average molecular weight is 299 g/mol. The summed E-state index contributed by atoms with van der Waals surface area (Å²) in [5, 5.41) is 3.25. The normalized spacial score (nSPS) is 13.2. The minimum atomic E-state index is -3.02. The molecule has 0 aromatic heterocycles. The Morgan fingerprint density at radius 3 is 2.35 bits per heavy atom. The number of nitrogens with one attached hydrogen (secondary N) is 1. The summed E-state index contributed by atoms with van der Waals surface area (Å²) in [4.78, 5) is 0. The SMILES string of the molecule is CCCCS(=O)(=O)CC(NCC)c1ccc(OC)cc1. The van der Waals surface area contributed by atoms with Crippen LogP contribution in [0.25, 0.3) is 0 Å². The molecule has 114 valence electrons. The van der Waals surface area contributed by atoms with E-state index in [-0.39, 0.29) is 17.5 Å². The molecule has 1 atom stereocenters. The quantitative estimate of drug-likeness (QED) is 0.761. The third-order valence-corrected chi connectivity index (χ3v) is 4.95. The van der Waals surface area contributed by atoms with Crippen LogP contribution in [0.1, 0.15) is 38.3 Å². The second kappa shape index (κ2) is 8.27. The molecule has 0 fully saturated rings. The maximum absolute atomic E-state index is 12.1. The molecule has 0 saturated heterocycles. The van der Waals surface area contributed by atoms with Crippen molar-refractivity contribution < 1.29 is 13.2 Å². The van der Waals surface area contributed by atoms with E-state index in [2.05, 4.69) is 5.32 Å². The summed E-state index contributed by atoms with van der Waals surface area (Å²) in [6, 6.07) is 7.40. The standard InChI is InChI=1S/C15H25NO3S/c1-4-6-11-20(17,18)12-15(16-5-2)13-7-9-14(19-3)10-8-13/h7-10,15-16H,4-6,11-12H2,1-3H3. The molecule has 0 radical (unpaired) electrons. The highest BCUT2D eigenvalue weighted by Gasteiger charge is 2.19. The van der Waals surface area contributed by atoms with Crippen molar-refractivity contribution in [1.82, 2.24) is 5.32 Å². The molecular formula is C15H25NO3S. The molecule has 5 heteroatoms. The second-order valence-corrected chi connectivity index (χ2v) is 7.08. The molecule has 0 aliphatic heterocycles. The maximum Gasteiger partial charge on any atom is 0.152 e. The first-order chi connectivity index (χ1) is 9.52. The van der Waals surface area contributed by atoms with Gasteiger partial charge in [0, 0.05) is 6.04 Å². The van der Waals surface area contributed by atoms with Gasteiger partial charge in [0.15, 0.2) is 9.84 Å². The fourth-order valence-electron chi connectivity index (χ4n) is 2.06. The zero-order valence-corrected chi connectivity index (χ0v) is 13.4. The number of benzene rings is 1. The molecule has 0 amide bonds. The van der Waals surface area contributed by atoms with Crippen LogP contribution in [0.4, 0.5) is 0 Å². The fourth-order valence-corrected chi connectivity index (χ4v) is 3.77. The predicted molar refractivity (Wildman–Crippen MR) is 83.0 cm³/mol. The van der Waals surface area contributed by atoms with E-state index in [0.29, 0.717) is 0 Å².